The summed E-state index contributed by atoms with van der Waals surface area (Å²) in [6, 6.07) is 0. The molecule has 4 aliphatic rings. The van der Waals surface area contributed by atoms with Crippen LogP contribution in [0.4, 0.5) is 8.78 Å². The van der Waals surface area contributed by atoms with E-state index in [0.717, 1.165) is 32.1 Å². The molecule has 0 radical (unpaired) electrons. The van der Waals surface area contributed by atoms with Crippen LogP contribution in [0.3, 0.4) is 0 Å². The second kappa shape index (κ2) is 4.92. The molecule has 2 aliphatic heterocycles. The molecule has 4 atom stereocenters. The molecule has 20 heavy (non-hydrogen) atoms. The Morgan fingerprint density at radius 3 is 2.35 bits per heavy atom. The highest BCUT2D eigenvalue weighted by molar-refractivity contribution is 5.23. The maximum Gasteiger partial charge on any atom is 0.184 e. The largest absolute Gasteiger partial charge is 0.346 e. The Morgan fingerprint density at radius 1 is 0.950 bits per heavy atom. The van der Waals surface area contributed by atoms with E-state index < -0.39 is 11.7 Å². The van der Waals surface area contributed by atoms with Gasteiger partial charge in [-0.05, 0) is 50.0 Å². The van der Waals surface area contributed by atoms with Gasteiger partial charge in [-0.3, -0.25) is 0 Å². The van der Waals surface area contributed by atoms with Gasteiger partial charge < -0.3 is 9.47 Å². The lowest BCUT2D eigenvalue weighted by molar-refractivity contribution is -0.0511. The SMILES string of the molecule is FC1=C(F)C(C2CCC(C3CC4OC4O3)CC2)CC=C1. The first-order chi connectivity index (χ1) is 9.72. The summed E-state index contributed by atoms with van der Waals surface area (Å²) in [6.07, 6.45) is 9.56. The second-order valence-corrected chi connectivity index (χ2v) is 6.57. The third-order valence-electron chi connectivity index (χ3n) is 5.43. The number of ether oxygens (including phenoxy) is 2. The maximum absolute atomic E-state index is 13.9. The van der Waals surface area contributed by atoms with Crippen LogP contribution in [0.1, 0.15) is 38.5 Å². The molecule has 2 heterocycles. The summed E-state index contributed by atoms with van der Waals surface area (Å²) in [5.74, 6) is -0.558. The van der Waals surface area contributed by atoms with Crippen LogP contribution >= 0.6 is 0 Å². The fourth-order valence-corrected chi connectivity index (χ4v) is 4.17. The second-order valence-electron chi connectivity index (χ2n) is 6.57. The summed E-state index contributed by atoms with van der Waals surface area (Å²) in [5.41, 5.74) is 0. The molecule has 3 fully saturated rings. The minimum absolute atomic E-state index is 0.0654. The van der Waals surface area contributed by atoms with Crippen LogP contribution in [0, 0.1) is 17.8 Å². The van der Waals surface area contributed by atoms with Gasteiger partial charge in [-0.2, -0.15) is 0 Å². The van der Waals surface area contributed by atoms with Gasteiger partial charge in [-0.25, -0.2) is 8.78 Å². The molecule has 0 spiro atoms. The monoisotopic (exact) mass is 282 g/mol. The van der Waals surface area contributed by atoms with Crippen molar-refractivity contribution in [1.29, 1.82) is 0 Å². The van der Waals surface area contributed by atoms with Gasteiger partial charge in [-0.1, -0.05) is 6.08 Å². The Hall–Kier alpha value is -0.740. The highest BCUT2D eigenvalue weighted by Crippen LogP contribution is 2.46. The molecule has 2 saturated heterocycles. The zero-order valence-electron chi connectivity index (χ0n) is 11.4. The van der Waals surface area contributed by atoms with E-state index in [9.17, 15) is 8.78 Å². The Bertz CT molecular complexity index is 441. The highest BCUT2D eigenvalue weighted by Gasteiger charge is 2.51. The van der Waals surface area contributed by atoms with Crippen LogP contribution in [-0.2, 0) is 9.47 Å². The van der Waals surface area contributed by atoms with Crippen molar-refractivity contribution in [3.8, 4) is 0 Å². The number of fused-ring (bicyclic) bond motifs is 1. The standard InChI is InChI=1S/C16H20F2O2/c17-12-3-1-2-11(15(12)18)9-4-6-10(7-5-9)13-8-14-16(19-13)20-14/h1,3,9-11,13-14,16H,2,4-8H2. The van der Waals surface area contributed by atoms with E-state index in [0.29, 0.717) is 24.5 Å². The van der Waals surface area contributed by atoms with Crippen molar-refractivity contribution >= 4 is 0 Å². The first-order valence-electron chi connectivity index (χ1n) is 7.75. The summed E-state index contributed by atoms with van der Waals surface area (Å²) < 4.78 is 38.3. The fourth-order valence-electron chi connectivity index (χ4n) is 4.17. The highest BCUT2D eigenvalue weighted by atomic mass is 19.2. The minimum Gasteiger partial charge on any atom is -0.346 e. The third-order valence-corrected chi connectivity index (χ3v) is 5.43. The molecular formula is C16H20F2O2. The molecule has 0 aromatic rings. The molecule has 4 heteroatoms. The molecule has 2 aliphatic carbocycles. The average Bonchev–Trinajstić information content (AvgIpc) is 3.08. The quantitative estimate of drug-likeness (QED) is 0.713. The smallest absolute Gasteiger partial charge is 0.184 e. The molecule has 2 nitrogen and oxygen atoms in total. The zero-order chi connectivity index (χ0) is 13.7. The van der Waals surface area contributed by atoms with Gasteiger partial charge in [-0.15, -0.1) is 0 Å². The molecular weight excluding hydrogens is 262 g/mol. The molecule has 1 saturated carbocycles. The van der Waals surface area contributed by atoms with Gasteiger partial charge in [0.05, 0.1) is 6.10 Å². The first-order valence-corrected chi connectivity index (χ1v) is 7.75. The zero-order valence-corrected chi connectivity index (χ0v) is 11.4. The van der Waals surface area contributed by atoms with Crippen molar-refractivity contribution in [1.82, 2.24) is 0 Å². The van der Waals surface area contributed by atoms with Crippen molar-refractivity contribution in [2.45, 2.75) is 57.0 Å². The van der Waals surface area contributed by atoms with Gasteiger partial charge in [0.2, 0.25) is 0 Å². The maximum atomic E-state index is 13.9. The van der Waals surface area contributed by atoms with Crippen molar-refractivity contribution < 1.29 is 18.3 Å². The number of epoxide rings is 1. The minimum atomic E-state index is -0.667. The topological polar surface area (TPSA) is 21.8 Å². The van der Waals surface area contributed by atoms with Crippen LogP contribution in [0.15, 0.2) is 23.8 Å². The average molecular weight is 282 g/mol. The van der Waals surface area contributed by atoms with E-state index in [2.05, 4.69) is 0 Å². The summed E-state index contributed by atoms with van der Waals surface area (Å²) in [5, 5.41) is 0. The van der Waals surface area contributed by atoms with Gasteiger partial charge in [0.25, 0.3) is 0 Å². The molecule has 0 bridgehead atoms. The van der Waals surface area contributed by atoms with Gasteiger partial charge in [0, 0.05) is 12.3 Å². The molecule has 0 N–H and O–H groups in total. The third kappa shape index (κ3) is 2.23. The van der Waals surface area contributed by atoms with Gasteiger partial charge in [0.15, 0.2) is 12.1 Å². The number of hydrogen-bond donors (Lipinski definition) is 0. The lowest BCUT2D eigenvalue weighted by atomic mass is 9.72. The van der Waals surface area contributed by atoms with Crippen molar-refractivity contribution in [2.24, 2.45) is 17.8 Å². The predicted molar refractivity (Wildman–Crippen MR) is 70.1 cm³/mol. The molecule has 110 valence electrons. The predicted octanol–water partition coefficient (Wildman–Crippen LogP) is 4.03. The van der Waals surface area contributed by atoms with E-state index in [1.165, 1.54) is 6.08 Å². The summed E-state index contributed by atoms with van der Waals surface area (Å²) in [4.78, 5) is 0. The number of rotatable bonds is 2. The first kappa shape index (κ1) is 13.0. The van der Waals surface area contributed by atoms with E-state index >= 15 is 0 Å². The number of allylic oxidation sites excluding steroid dienone is 4. The lowest BCUT2D eigenvalue weighted by Gasteiger charge is -2.36. The van der Waals surface area contributed by atoms with Crippen LogP contribution in [0.5, 0.6) is 0 Å². The molecule has 0 amide bonds. The number of halogens is 2. The van der Waals surface area contributed by atoms with Crippen molar-refractivity contribution in [2.75, 3.05) is 0 Å². The van der Waals surface area contributed by atoms with Crippen LogP contribution in [0.2, 0.25) is 0 Å². The molecule has 0 aromatic heterocycles. The van der Waals surface area contributed by atoms with Gasteiger partial charge in [0.1, 0.15) is 11.9 Å². The van der Waals surface area contributed by atoms with Gasteiger partial charge >= 0.3 is 0 Å². The van der Waals surface area contributed by atoms with E-state index in [-0.39, 0.29) is 18.1 Å². The molecule has 0 aromatic carbocycles. The van der Waals surface area contributed by atoms with Crippen molar-refractivity contribution in [3.05, 3.63) is 23.8 Å². The van der Waals surface area contributed by atoms with E-state index in [4.69, 9.17) is 9.47 Å². The van der Waals surface area contributed by atoms with Crippen LogP contribution in [-0.4, -0.2) is 18.5 Å². The Kier molecular flexibility index (Phi) is 3.19. The molecule has 4 unspecified atom stereocenters. The summed E-state index contributed by atoms with van der Waals surface area (Å²) >= 11 is 0. The summed E-state index contributed by atoms with van der Waals surface area (Å²) in [7, 11) is 0. The Morgan fingerprint density at radius 2 is 1.65 bits per heavy atom. The van der Waals surface area contributed by atoms with Crippen LogP contribution < -0.4 is 0 Å². The Labute approximate surface area is 117 Å². The molecule has 4 rings (SSSR count). The van der Waals surface area contributed by atoms with Crippen LogP contribution in [0.25, 0.3) is 0 Å². The van der Waals surface area contributed by atoms with E-state index in [1.807, 2.05) is 0 Å². The fraction of sp³-hybridized carbons (Fsp3) is 0.750. The normalized spacial score (nSPS) is 47.5. The summed E-state index contributed by atoms with van der Waals surface area (Å²) in [6.45, 7) is 0. The Balaban J connectivity index is 1.34. The number of hydrogen-bond acceptors (Lipinski definition) is 2. The lowest BCUT2D eigenvalue weighted by Crippen LogP contribution is -2.30. The van der Waals surface area contributed by atoms with Crippen molar-refractivity contribution in [3.63, 3.8) is 0 Å². The van der Waals surface area contributed by atoms with E-state index in [1.54, 1.807) is 6.08 Å².